The number of benzene rings is 1. The third-order valence-electron chi connectivity index (χ3n) is 2.69. The SMILES string of the molecule is COC(=O)C(Cc1cccc(CC#N)c1)C(C)=O. The van der Waals surface area contributed by atoms with Gasteiger partial charge in [-0.2, -0.15) is 5.26 Å². The molecular formula is C14H15NO3. The lowest BCUT2D eigenvalue weighted by Crippen LogP contribution is -2.25. The lowest BCUT2D eigenvalue weighted by atomic mass is 9.95. The molecule has 0 fully saturated rings. The molecule has 0 saturated carbocycles. The van der Waals surface area contributed by atoms with E-state index in [1.54, 1.807) is 0 Å². The molecule has 0 aliphatic rings. The Morgan fingerprint density at radius 3 is 2.61 bits per heavy atom. The van der Waals surface area contributed by atoms with Crippen LogP contribution in [0.4, 0.5) is 0 Å². The van der Waals surface area contributed by atoms with Crippen molar-refractivity contribution in [1.82, 2.24) is 0 Å². The van der Waals surface area contributed by atoms with Crippen LogP contribution in [0.25, 0.3) is 0 Å². The number of nitriles is 1. The molecule has 18 heavy (non-hydrogen) atoms. The molecule has 0 spiro atoms. The molecule has 0 aliphatic heterocycles. The van der Waals surface area contributed by atoms with Crippen LogP contribution in [-0.2, 0) is 27.2 Å². The molecule has 0 aliphatic carbocycles. The molecule has 1 rings (SSSR count). The van der Waals surface area contributed by atoms with Gasteiger partial charge in [0.05, 0.1) is 19.6 Å². The van der Waals surface area contributed by atoms with Gasteiger partial charge in [0.2, 0.25) is 0 Å². The number of methoxy groups -OCH3 is 1. The lowest BCUT2D eigenvalue weighted by molar-refractivity contribution is -0.148. The van der Waals surface area contributed by atoms with Crippen molar-refractivity contribution in [2.45, 2.75) is 19.8 Å². The van der Waals surface area contributed by atoms with E-state index in [-0.39, 0.29) is 5.78 Å². The van der Waals surface area contributed by atoms with Gasteiger partial charge in [0, 0.05) is 0 Å². The maximum Gasteiger partial charge on any atom is 0.316 e. The van der Waals surface area contributed by atoms with E-state index in [9.17, 15) is 9.59 Å². The zero-order valence-electron chi connectivity index (χ0n) is 10.5. The summed E-state index contributed by atoms with van der Waals surface area (Å²) in [5.74, 6) is -1.51. The lowest BCUT2D eigenvalue weighted by Gasteiger charge is -2.11. The monoisotopic (exact) mass is 245 g/mol. The van der Waals surface area contributed by atoms with Crippen LogP contribution in [0.5, 0.6) is 0 Å². The minimum absolute atomic E-state index is 0.215. The first-order valence-electron chi connectivity index (χ1n) is 5.61. The average molecular weight is 245 g/mol. The van der Waals surface area contributed by atoms with Crippen LogP contribution in [0.2, 0.25) is 0 Å². The quantitative estimate of drug-likeness (QED) is 0.584. The fraction of sp³-hybridized carbons (Fsp3) is 0.357. The average Bonchev–Trinajstić information content (AvgIpc) is 2.35. The van der Waals surface area contributed by atoms with E-state index in [2.05, 4.69) is 10.8 Å². The van der Waals surface area contributed by atoms with Gasteiger partial charge in [-0.25, -0.2) is 0 Å². The standard InChI is InChI=1S/C14H15NO3/c1-10(16)13(14(17)18-2)9-12-5-3-4-11(8-12)6-7-15/h3-5,8,13H,6,9H2,1-2H3. The molecule has 0 radical (unpaired) electrons. The van der Waals surface area contributed by atoms with E-state index in [1.807, 2.05) is 24.3 Å². The molecule has 0 amide bonds. The van der Waals surface area contributed by atoms with Gasteiger partial charge in [0.15, 0.2) is 0 Å². The second kappa shape index (κ2) is 6.55. The Balaban J connectivity index is 2.87. The van der Waals surface area contributed by atoms with Crippen LogP contribution in [0.3, 0.4) is 0 Å². The van der Waals surface area contributed by atoms with Gasteiger partial charge in [-0.1, -0.05) is 24.3 Å². The summed E-state index contributed by atoms with van der Waals surface area (Å²) >= 11 is 0. The summed E-state index contributed by atoms with van der Waals surface area (Å²) in [6.07, 6.45) is 0.623. The number of rotatable bonds is 5. The number of ether oxygens (including phenoxy) is 1. The van der Waals surface area contributed by atoms with Crippen molar-refractivity contribution in [3.8, 4) is 6.07 Å². The van der Waals surface area contributed by atoms with Crippen LogP contribution in [0.15, 0.2) is 24.3 Å². The van der Waals surface area contributed by atoms with Crippen molar-refractivity contribution >= 4 is 11.8 Å². The van der Waals surface area contributed by atoms with E-state index >= 15 is 0 Å². The Morgan fingerprint density at radius 1 is 1.39 bits per heavy atom. The fourth-order valence-corrected chi connectivity index (χ4v) is 1.73. The number of carbonyl (C=O) groups is 2. The van der Waals surface area contributed by atoms with Crippen LogP contribution >= 0.6 is 0 Å². The van der Waals surface area contributed by atoms with Crippen molar-refractivity contribution in [1.29, 1.82) is 5.26 Å². The van der Waals surface area contributed by atoms with Crippen molar-refractivity contribution < 1.29 is 14.3 Å². The van der Waals surface area contributed by atoms with Crippen molar-refractivity contribution in [3.63, 3.8) is 0 Å². The van der Waals surface area contributed by atoms with E-state index < -0.39 is 11.9 Å². The molecule has 1 aromatic rings. The molecule has 4 heteroatoms. The molecule has 1 unspecified atom stereocenters. The van der Waals surface area contributed by atoms with E-state index in [1.165, 1.54) is 14.0 Å². The van der Waals surface area contributed by atoms with Crippen molar-refractivity contribution in [3.05, 3.63) is 35.4 Å². The minimum Gasteiger partial charge on any atom is -0.468 e. The molecule has 1 atom stereocenters. The summed E-state index contributed by atoms with van der Waals surface area (Å²) in [6.45, 7) is 1.38. The van der Waals surface area contributed by atoms with Gasteiger partial charge < -0.3 is 4.74 Å². The molecule has 0 aromatic heterocycles. The number of hydrogen-bond donors (Lipinski definition) is 0. The topological polar surface area (TPSA) is 67.2 Å². The number of esters is 1. The van der Waals surface area contributed by atoms with E-state index in [4.69, 9.17) is 5.26 Å². The van der Waals surface area contributed by atoms with Crippen LogP contribution < -0.4 is 0 Å². The third-order valence-corrected chi connectivity index (χ3v) is 2.69. The van der Waals surface area contributed by atoms with Crippen LogP contribution in [-0.4, -0.2) is 18.9 Å². The van der Waals surface area contributed by atoms with Gasteiger partial charge in [0.25, 0.3) is 0 Å². The fourth-order valence-electron chi connectivity index (χ4n) is 1.73. The summed E-state index contributed by atoms with van der Waals surface area (Å²) in [7, 11) is 1.27. The smallest absolute Gasteiger partial charge is 0.316 e. The molecule has 0 N–H and O–H groups in total. The number of hydrogen-bond acceptors (Lipinski definition) is 4. The van der Waals surface area contributed by atoms with Gasteiger partial charge in [0.1, 0.15) is 11.7 Å². The van der Waals surface area contributed by atoms with Crippen LogP contribution in [0, 0.1) is 17.2 Å². The highest BCUT2D eigenvalue weighted by Gasteiger charge is 2.24. The maximum atomic E-state index is 11.5. The summed E-state index contributed by atoms with van der Waals surface area (Å²) in [5.41, 5.74) is 1.73. The minimum atomic E-state index is -0.771. The highest BCUT2D eigenvalue weighted by Crippen LogP contribution is 2.14. The Hall–Kier alpha value is -2.15. The first-order chi connectivity index (χ1) is 8.58. The molecule has 94 valence electrons. The second-order valence-electron chi connectivity index (χ2n) is 4.05. The third kappa shape index (κ3) is 3.70. The van der Waals surface area contributed by atoms with Gasteiger partial charge in [-0.15, -0.1) is 0 Å². The molecular weight excluding hydrogens is 230 g/mol. The van der Waals surface area contributed by atoms with E-state index in [0.29, 0.717) is 12.8 Å². The number of nitrogens with zero attached hydrogens (tertiary/aromatic N) is 1. The Bertz CT molecular complexity index is 488. The number of ketones is 1. The predicted molar refractivity (Wildman–Crippen MR) is 65.7 cm³/mol. The first kappa shape index (κ1) is 13.9. The largest absolute Gasteiger partial charge is 0.468 e. The Kier molecular flexibility index (Phi) is 5.06. The maximum absolute atomic E-state index is 11.5. The van der Waals surface area contributed by atoms with Crippen molar-refractivity contribution in [2.24, 2.45) is 5.92 Å². The highest BCUT2D eigenvalue weighted by molar-refractivity contribution is 5.97. The molecule has 4 nitrogen and oxygen atoms in total. The Labute approximate surface area is 106 Å². The van der Waals surface area contributed by atoms with E-state index in [0.717, 1.165) is 11.1 Å². The molecule has 1 aromatic carbocycles. The summed E-state index contributed by atoms with van der Waals surface area (Å²) in [6, 6.07) is 9.39. The zero-order chi connectivity index (χ0) is 13.5. The zero-order valence-corrected chi connectivity index (χ0v) is 10.5. The van der Waals surface area contributed by atoms with Crippen molar-refractivity contribution in [2.75, 3.05) is 7.11 Å². The summed E-state index contributed by atoms with van der Waals surface area (Å²) in [5, 5.41) is 8.63. The molecule has 0 heterocycles. The number of Topliss-reactive ketones (excluding diaryl/α,β-unsaturated/α-hetero) is 1. The first-order valence-corrected chi connectivity index (χ1v) is 5.61. The predicted octanol–water partition coefficient (Wildman–Crippen LogP) is 1.67. The van der Waals surface area contributed by atoms with Crippen LogP contribution in [0.1, 0.15) is 18.1 Å². The number of carbonyl (C=O) groups excluding carboxylic acids is 2. The normalized spacial score (nSPS) is 11.4. The molecule has 0 bridgehead atoms. The van der Waals surface area contributed by atoms with Gasteiger partial charge in [-0.3, -0.25) is 9.59 Å². The second-order valence-corrected chi connectivity index (χ2v) is 4.05. The highest BCUT2D eigenvalue weighted by atomic mass is 16.5. The molecule has 0 saturated heterocycles. The van der Waals surface area contributed by atoms with Gasteiger partial charge in [-0.05, 0) is 24.5 Å². The van der Waals surface area contributed by atoms with Gasteiger partial charge >= 0.3 is 5.97 Å². The summed E-state index contributed by atoms with van der Waals surface area (Å²) < 4.78 is 4.61. The summed E-state index contributed by atoms with van der Waals surface area (Å²) in [4.78, 5) is 22.9. The Morgan fingerprint density at radius 2 is 2.06 bits per heavy atom.